The fourth-order valence-corrected chi connectivity index (χ4v) is 4.53. The van der Waals surface area contributed by atoms with E-state index in [1.165, 1.54) is 23.1 Å². The minimum Gasteiger partial charge on any atom is -0.387 e. The Morgan fingerprint density at radius 1 is 1.42 bits per heavy atom. The third-order valence-electron chi connectivity index (χ3n) is 4.16. The van der Waals surface area contributed by atoms with Crippen molar-refractivity contribution in [1.29, 1.82) is 0 Å². The van der Waals surface area contributed by atoms with Gasteiger partial charge in [-0.1, -0.05) is 29.2 Å². The lowest BCUT2D eigenvalue weighted by Gasteiger charge is -2.34. The van der Waals surface area contributed by atoms with Crippen LogP contribution in [0.15, 0.2) is 28.7 Å². The number of aliphatic hydroxyl groups excluding tert-OH is 1. The lowest BCUT2D eigenvalue weighted by Crippen LogP contribution is -2.40. The molecule has 0 bridgehead atoms. The van der Waals surface area contributed by atoms with Gasteiger partial charge in [-0.2, -0.15) is 0 Å². The van der Waals surface area contributed by atoms with Crippen molar-refractivity contribution in [2.75, 3.05) is 18.8 Å². The number of likely N-dealkylation sites (tertiary alicyclic amines) is 1. The molecule has 0 spiro atoms. The van der Waals surface area contributed by atoms with Crippen molar-refractivity contribution >= 4 is 29.0 Å². The molecule has 128 valence electrons. The Balaban J connectivity index is 1.47. The Labute approximate surface area is 149 Å². The molecule has 1 aliphatic heterocycles. The van der Waals surface area contributed by atoms with E-state index in [0.717, 1.165) is 22.2 Å². The number of hydrogen-bond donors (Lipinski definition) is 1. The van der Waals surface area contributed by atoms with Gasteiger partial charge in [-0.3, -0.25) is 9.78 Å². The van der Waals surface area contributed by atoms with Gasteiger partial charge in [-0.05, 0) is 37.8 Å². The summed E-state index contributed by atoms with van der Waals surface area (Å²) in [5, 5.41) is 19.3. The van der Waals surface area contributed by atoms with Crippen molar-refractivity contribution in [2.45, 2.75) is 30.2 Å². The molecule has 24 heavy (non-hydrogen) atoms. The van der Waals surface area contributed by atoms with Crippen LogP contribution in [-0.4, -0.2) is 49.9 Å². The molecule has 6 nitrogen and oxygen atoms in total. The third kappa shape index (κ3) is 4.31. The minimum absolute atomic E-state index is 0.124. The smallest absolute Gasteiger partial charge is 0.233 e. The first-order valence-corrected chi connectivity index (χ1v) is 9.73. The highest BCUT2D eigenvalue weighted by molar-refractivity contribution is 8.01. The Bertz CT molecular complexity index is 672. The van der Waals surface area contributed by atoms with Crippen molar-refractivity contribution in [3.8, 4) is 0 Å². The number of carbonyl (C=O) groups excluding carboxylic acids is 1. The standard InChI is InChI=1S/C16H20N4O2S2/c1-11-18-19-16(24-11)23-10-14(21)20-8-5-12(6-9-20)15(22)13-4-2-3-7-17-13/h2-4,7,12,15,22H,5-6,8-10H2,1H3/t15-/m1/s1. The summed E-state index contributed by atoms with van der Waals surface area (Å²) < 4.78 is 0.835. The highest BCUT2D eigenvalue weighted by Gasteiger charge is 2.28. The topological polar surface area (TPSA) is 79.2 Å². The molecule has 1 atom stereocenters. The summed E-state index contributed by atoms with van der Waals surface area (Å²) in [6.45, 7) is 3.27. The maximum absolute atomic E-state index is 12.3. The SMILES string of the molecule is Cc1nnc(SCC(=O)N2CCC([C@@H](O)c3ccccn3)CC2)s1. The number of piperidine rings is 1. The van der Waals surface area contributed by atoms with Crippen LogP contribution in [0, 0.1) is 12.8 Å². The third-order valence-corrected chi connectivity index (χ3v) is 6.11. The second-order valence-electron chi connectivity index (χ2n) is 5.79. The lowest BCUT2D eigenvalue weighted by atomic mass is 9.89. The largest absolute Gasteiger partial charge is 0.387 e. The zero-order valence-electron chi connectivity index (χ0n) is 13.5. The number of pyridine rings is 1. The quantitative estimate of drug-likeness (QED) is 0.820. The van der Waals surface area contributed by atoms with Crippen LogP contribution in [-0.2, 0) is 4.79 Å². The van der Waals surface area contributed by atoms with Crippen LogP contribution in [0.5, 0.6) is 0 Å². The first-order valence-electron chi connectivity index (χ1n) is 7.93. The van der Waals surface area contributed by atoms with Crippen molar-refractivity contribution in [2.24, 2.45) is 5.92 Å². The van der Waals surface area contributed by atoms with E-state index >= 15 is 0 Å². The van der Waals surface area contributed by atoms with Crippen LogP contribution >= 0.6 is 23.1 Å². The zero-order chi connectivity index (χ0) is 16.9. The molecule has 8 heteroatoms. The summed E-state index contributed by atoms with van der Waals surface area (Å²) in [6.07, 6.45) is 2.74. The highest BCUT2D eigenvalue weighted by atomic mass is 32.2. The number of hydrogen-bond acceptors (Lipinski definition) is 7. The van der Waals surface area contributed by atoms with Gasteiger partial charge in [0.2, 0.25) is 5.91 Å². The fourth-order valence-electron chi connectivity index (χ4n) is 2.81. The van der Waals surface area contributed by atoms with E-state index in [2.05, 4.69) is 15.2 Å². The van der Waals surface area contributed by atoms with E-state index in [1.54, 1.807) is 6.20 Å². The Morgan fingerprint density at radius 3 is 2.83 bits per heavy atom. The van der Waals surface area contributed by atoms with Crippen LogP contribution in [0.2, 0.25) is 0 Å². The molecule has 2 aromatic heterocycles. The molecule has 2 aromatic rings. The van der Waals surface area contributed by atoms with Crippen LogP contribution in [0.25, 0.3) is 0 Å². The van der Waals surface area contributed by atoms with Gasteiger partial charge in [0.1, 0.15) is 5.01 Å². The summed E-state index contributed by atoms with van der Waals surface area (Å²) in [5.41, 5.74) is 0.712. The second kappa shape index (κ2) is 8.04. The fraction of sp³-hybridized carbons (Fsp3) is 0.500. The Hall–Kier alpha value is -1.51. The van der Waals surface area contributed by atoms with Gasteiger partial charge in [-0.15, -0.1) is 10.2 Å². The summed E-state index contributed by atoms with van der Waals surface area (Å²) in [7, 11) is 0. The highest BCUT2D eigenvalue weighted by Crippen LogP contribution is 2.30. The summed E-state index contributed by atoms with van der Waals surface area (Å²) in [6, 6.07) is 5.58. The predicted molar refractivity (Wildman–Crippen MR) is 93.9 cm³/mol. The average molecular weight is 364 g/mol. The number of nitrogens with zero attached hydrogens (tertiary/aromatic N) is 4. The van der Waals surface area contributed by atoms with E-state index in [0.29, 0.717) is 24.5 Å². The predicted octanol–water partition coefficient (Wildman–Crippen LogP) is 2.31. The normalized spacial score (nSPS) is 17.0. The number of rotatable bonds is 5. The molecule has 0 radical (unpaired) electrons. The van der Waals surface area contributed by atoms with Gasteiger partial charge in [0.05, 0.1) is 17.6 Å². The summed E-state index contributed by atoms with van der Waals surface area (Å²) in [4.78, 5) is 18.4. The van der Waals surface area contributed by atoms with Gasteiger partial charge < -0.3 is 10.0 Å². The molecule has 1 fully saturated rings. The van der Waals surface area contributed by atoms with Gasteiger partial charge in [0.25, 0.3) is 0 Å². The molecular formula is C16H20N4O2S2. The van der Waals surface area contributed by atoms with Gasteiger partial charge in [0.15, 0.2) is 4.34 Å². The van der Waals surface area contributed by atoms with Gasteiger partial charge in [-0.25, -0.2) is 0 Å². The monoisotopic (exact) mass is 364 g/mol. The molecule has 3 rings (SSSR count). The van der Waals surface area contributed by atoms with Crippen LogP contribution in [0.3, 0.4) is 0 Å². The van der Waals surface area contributed by atoms with E-state index in [-0.39, 0.29) is 11.8 Å². The average Bonchev–Trinajstić information content (AvgIpc) is 3.05. The van der Waals surface area contributed by atoms with Crippen molar-refractivity contribution in [3.05, 3.63) is 35.1 Å². The molecule has 0 unspecified atom stereocenters. The lowest BCUT2D eigenvalue weighted by molar-refractivity contribution is -0.130. The molecule has 1 saturated heterocycles. The number of thioether (sulfide) groups is 1. The van der Waals surface area contributed by atoms with Crippen molar-refractivity contribution in [1.82, 2.24) is 20.1 Å². The number of aromatic nitrogens is 3. The zero-order valence-corrected chi connectivity index (χ0v) is 15.1. The van der Waals surface area contributed by atoms with E-state index in [9.17, 15) is 9.90 Å². The Morgan fingerprint density at radius 2 is 2.21 bits per heavy atom. The van der Waals surface area contributed by atoms with E-state index in [1.807, 2.05) is 30.0 Å². The molecule has 1 aliphatic rings. The number of amides is 1. The molecule has 1 N–H and O–H groups in total. The van der Waals surface area contributed by atoms with Crippen LogP contribution < -0.4 is 0 Å². The second-order valence-corrected chi connectivity index (χ2v) is 8.20. The number of carbonyl (C=O) groups is 1. The maximum Gasteiger partial charge on any atom is 0.233 e. The first-order chi connectivity index (χ1) is 11.6. The van der Waals surface area contributed by atoms with E-state index in [4.69, 9.17) is 0 Å². The van der Waals surface area contributed by atoms with Crippen molar-refractivity contribution in [3.63, 3.8) is 0 Å². The first kappa shape index (κ1) is 17.3. The number of aliphatic hydroxyl groups is 1. The van der Waals surface area contributed by atoms with Gasteiger partial charge in [0, 0.05) is 19.3 Å². The molecule has 3 heterocycles. The number of aryl methyl sites for hydroxylation is 1. The molecule has 1 amide bonds. The summed E-state index contributed by atoms with van der Waals surface area (Å²) in [5.74, 6) is 0.670. The van der Waals surface area contributed by atoms with Gasteiger partial charge >= 0.3 is 0 Å². The van der Waals surface area contributed by atoms with Crippen LogP contribution in [0.1, 0.15) is 29.6 Å². The summed E-state index contributed by atoms with van der Waals surface area (Å²) >= 11 is 2.95. The minimum atomic E-state index is -0.554. The molecule has 0 saturated carbocycles. The van der Waals surface area contributed by atoms with Crippen molar-refractivity contribution < 1.29 is 9.90 Å². The van der Waals surface area contributed by atoms with Crippen LogP contribution in [0.4, 0.5) is 0 Å². The van der Waals surface area contributed by atoms with E-state index < -0.39 is 6.10 Å². The molecular weight excluding hydrogens is 344 g/mol. The molecule has 0 aliphatic carbocycles. The maximum atomic E-state index is 12.3. The Kier molecular flexibility index (Phi) is 5.80. The molecule has 0 aromatic carbocycles.